The molecule has 1 aromatic rings. The van der Waals surface area contributed by atoms with E-state index in [1.54, 1.807) is 0 Å². The van der Waals surface area contributed by atoms with Gasteiger partial charge in [0.2, 0.25) is 5.95 Å². The minimum absolute atomic E-state index is 0.884. The summed E-state index contributed by atoms with van der Waals surface area (Å²) in [7, 11) is 0. The van der Waals surface area contributed by atoms with Crippen LogP contribution in [-0.4, -0.2) is 4.98 Å². The number of hydrogen-bond donors (Lipinski definition) is 0. The Morgan fingerprint density at radius 2 is 2.09 bits per heavy atom. The number of rotatable bonds is 1. The van der Waals surface area contributed by atoms with E-state index in [1.807, 2.05) is 0 Å². The average Bonchev–Trinajstić information content (AvgIpc) is 1.86. The smallest absolute Gasteiger partial charge is 0.228 e. The van der Waals surface area contributed by atoms with Gasteiger partial charge in [0.25, 0.3) is 0 Å². The van der Waals surface area contributed by atoms with Crippen molar-refractivity contribution < 1.29 is 13.2 Å². The van der Waals surface area contributed by atoms with Crippen molar-refractivity contribution >= 4 is 11.6 Å². The molecule has 0 radical (unpaired) electrons. The largest absolute Gasteiger partial charge is 0.352 e. The summed E-state index contributed by atoms with van der Waals surface area (Å²) in [6, 6.07) is 2.07. The van der Waals surface area contributed by atoms with Gasteiger partial charge in [-0.3, -0.25) is 0 Å². The van der Waals surface area contributed by atoms with Crippen molar-refractivity contribution in [3.05, 3.63) is 29.8 Å². The van der Waals surface area contributed by atoms with E-state index < -0.39 is 16.9 Å². The molecule has 0 fully saturated rings. The van der Waals surface area contributed by atoms with Crippen molar-refractivity contribution in [2.45, 2.75) is 5.38 Å². The van der Waals surface area contributed by atoms with E-state index in [0.29, 0.717) is 0 Å². The van der Waals surface area contributed by atoms with Gasteiger partial charge in [-0.2, -0.15) is 13.2 Å². The fraction of sp³-hybridized carbons (Fsp3) is 0.167. The highest BCUT2D eigenvalue weighted by molar-refractivity contribution is 6.21. The second-order valence-corrected chi connectivity index (χ2v) is 2.31. The Morgan fingerprint density at radius 3 is 2.45 bits per heavy atom. The van der Waals surface area contributed by atoms with Gasteiger partial charge in [0, 0.05) is 6.20 Å². The molecular formula is C6H3ClF3N. The zero-order chi connectivity index (χ0) is 8.48. The molecule has 1 aromatic heterocycles. The number of pyridine rings is 1. The Bertz CT molecular complexity index is 258. The lowest BCUT2D eigenvalue weighted by Gasteiger charge is -2.06. The molecule has 0 aliphatic rings. The molecule has 60 valence electrons. The maximum atomic E-state index is 12.4. The fourth-order valence-electron chi connectivity index (χ4n) is 0.597. The summed E-state index contributed by atoms with van der Waals surface area (Å²) in [6.07, 6.45) is 1.07. The van der Waals surface area contributed by atoms with Gasteiger partial charge in [0.15, 0.2) is 0 Å². The molecule has 0 spiro atoms. The lowest BCUT2D eigenvalue weighted by atomic mass is 10.3. The SMILES string of the molecule is Fc1ncccc1C(F)(F)Cl. The molecule has 11 heavy (non-hydrogen) atoms. The first kappa shape index (κ1) is 8.33. The quantitative estimate of drug-likeness (QED) is 0.479. The first-order valence-corrected chi connectivity index (χ1v) is 3.07. The summed E-state index contributed by atoms with van der Waals surface area (Å²) >= 11 is 4.55. The summed E-state index contributed by atoms with van der Waals surface area (Å²) in [5, 5.41) is -3.68. The van der Waals surface area contributed by atoms with Crippen LogP contribution in [0.3, 0.4) is 0 Å². The molecule has 1 rings (SSSR count). The van der Waals surface area contributed by atoms with Crippen LogP contribution < -0.4 is 0 Å². The van der Waals surface area contributed by atoms with Crippen LogP contribution in [-0.2, 0) is 5.38 Å². The van der Waals surface area contributed by atoms with E-state index in [9.17, 15) is 13.2 Å². The Morgan fingerprint density at radius 1 is 1.45 bits per heavy atom. The molecule has 0 aromatic carbocycles. The van der Waals surface area contributed by atoms with Gasteiger partial charge in [-0.05, 0) is 23.7 Å². The monoisotopic (exact) mass is 181 g/mol. The second-order valence-electron chi connectivity index (χ2n) is 1.84. The van der Waals surface area contributed by atoms with Crippen LogP contribution in [0.5, 0.6) is 0 Å². The van der Waals surface area contributed by atoms with Crippen LogP contribution in [0, 0.1) is 5.95 Å². The predicted molar refractivity (Wildman–Crippen MR) is 33.9 cm³/mol. The summed E-state index contributed by atoms with van der Waals surface area (Å²) in [5.41, 5.74) is -0.901. The van der Waals surface area contributed by atoms with Crippen molar-refractivity contribution in [3.63, 3.8) is 0 Å². The highest BCUT2D eigenvalue weighted by Gasteiger charge is 2.31. The maximum Gasteiger partial charge on any atom is 0.352 e. The van der Waals surface area contributed by atoms with E-state index in [2.05, 4.69) is 16.6 Å². The Labute approximate surface area is 65.8 Å². The molecule has 0 aliphatic heterocycles. The zero-order valence-corrected chi connectivity index (χ0v) is 5.95. The molecule has 0 amide bonds. The molecule has 0 bridgehead atoms. The molecule has 0 saturated carbocycles. The van der Waals surface area contributed by atoms with E-state index in [0.717, 1.165) is 12.3 Å². The van der Waals surface area contributed by atoms with Crippen molar-refractivity contribution in [3.8, 4) is 0 Å². The van der Waals surface area contributed by atoms with Gasteiger partial charge in [0.05, 0.1) is 5.56 Å². The van der Waals surface area contributed by atoms with Crippen LogP contribution >= 0.6 is 11.6 Å². The minimum Gasteiger partial charge on any atom is -0.228 e. The lowest BCUT2D eigenvalue weighted by Crippen LogP contribution is -2.07. The van der Waals surface area contributed by atoms with Gasteiger partial charge in [-0.1, -0.05) is 0 Å². The fourth-order valence-corrected chi connectivity index (χ4v) is 0.738. The van der Waals surface area contributed by atoms with Gasteiger partial charge in [0.1, 0.15) is 0 Å². The van der Waals surface area contributed by atoms with Crippen molar-refractivity contribution in [2.24, 2.45) is 0 Å². The van der Waals surface area contributed by atoms with Gasteiger partial charge < -0.3 is 0 Å². The highest BCUT2D eigenvalue weighted by Crippen LogP contribution is 2.32. The van der Waals surface area contributed by atoms with Crippen LogP contribution in [0.15, 0.2) is 18.3 Å². The highest BCUT2D eigenvalue weighted by atomic mass is 35.5. The second kappa shape index (κ2) is 2.70. The molecule has 0 saturated heterocycles. The third-order valence-corrected chi connectivity index (χ3v) is 1.27. The number of hydrogen-bond acceptors (Lipinski definition) is 1. The van der Waals surface area contributed by atoms with Crippen LogP contribution in [0.4, 0.5) is 13.2 Å². The van der Waals surface area contributed by atoms with Gasteiger partial charge in [-0.25, -0.2) is 4.98 Å². The van der Waals surface area contributed by atoms with Crippen molar-refractivity contribution in [2.75, 3.05) is 0 Å². The first-order chi connectivity index (χ1) is 5.02. The van der Waals surface area contributed by atoms with Crippen LogP contribution in [0.2, 0.25) is 0 Å². The maximum absolute atomic E-state index is 12.4. The van der Waals surface area contributed by atoms with Crippen LogP contribution in [0.25, 0.3) is 0 Å². The Kier molecular flexibility index (Phi) is 2.04. The normalized spacial score (nSPS) is 11.6. The van der Waals surface area contributed by atoms with Crippen molar-refractivity contribution in [1.82, 2.24) is 4.98 Å². The van der Waals surface area contributed by atoms with Crippen molar-refractivity contribution in [1.29, 1.82) is 0 Å². The summed E-state index contributed by atoms with van der Waals surface area (Å²) < 4.78 is 36.8. The number of halogens is 4. The molecule has 1 nitrogen and oxygen atoms in total. The number of aromatic nitrogens is 1. The summed E-state index contributed by atoms with van der Waals surface area (Å²) in [5.74, 6) is -1.24. The summed E-state index contributed by atoms with van der Waals surface area (Å²) in [6.45, 7) is 0. The Balaban J connectivity index is 3.14. The number of nitrogens with zero attached hydrogens (tertiary/aromatic N) is 1. The van der Waals surface area contributed by atoms with Crippen LogP contribution in [0.1, 0.15) is 5.56 Å². The standard InChI is InChI=1S/C6H3ClF3N/c7-6(9,10)4-2-1-3-11-5(4)8/h1-3H. The number of alkyl halides is 3. The van der Waals surface area contributed by atoms with E-state index >= 15 is 0 Å². The first-order valence-electron chi connectivity index (χ1n) is 2.69. The minimum atomic E-state index is -3.68. The zero-order valence-electron chi connectivity index (χ0n) is 5.19. The third-order valence-electron chi connectivity index (χ3n) is 1.06. The van der Waals surface area contributed by atoms with E-state index in [-0.39, 0.29) is 0 Å². The van der Waals surface area contributed by atoms with E-state index in [1.165, 1.54) is 6.07 Å². The molecule has 5 heteroatoms. The third kappa shape index (κ3) is 1.83. The molecule has 0 atom stereocenters. The van der Waals surface area contributed by atoms with E-state index in [4.69, 9.17) is 0 Å². The Hall–Kier alpha value is -0.770. The average molecular weight is 182 g/mol. The topological polar surface area (TPSA) is 12.9 Å². The van der Waals surface area contributed by atoms with Gasteiger partial charge in [-0.15, -0.1) is 0 Å². The lowest BCUT2D eigenvalue weighted by molar-refractivity contribution is 0.0896. The molecule has 0 aliphatic carbocycles. The molecule has 0 N–H and O–H groups in total. The summed E-state index contributed by atoms with van der Waals surface area (Å²) in [4.78, 5) is 3.01. The molecule has 1 heterocycles. The van der Waals surface area contributed by atoms with Gasteiger partial charge >= 0.3 is 5.38 Å². The molecular weight excluding hydrogens is 179 g/mol. The molecule has 0 unspecified atom stereocenters. The predicted octanol–water partition coefficient (Wildman–Crippen LogP) is 2.51.